The molecule has 8 aromatic rings. The second kappa shape index (κ2) is 47.0. The van der Waals surface area contributed by atoms with E-state index in [9.17, 15) is 40.9 Å². The summed E-state index contributed by atoms with van der Waals surface area (Å²) in [5.41, 5.74) is 3.70. The van der Waals surface area contributed by atoms with E-state index in [-0.39, 0.29) is 25.3 Å². The largest absolute Gasteiger partial charge is 0.457 e. The fourth-order valence-electron chi connectivity index (χ4n) is 14.8. The average molecular weight is 1680 g/mol. The minimum atomic E-state index is -0.766. The molecule has 10 N–H and O–H groups in total. The minimum Gasteiger partial charge on any atom is -0.457 e. The van der Waals surface area contributed by atoms with Crippen LogP contribution >= 0.6 is 0 Å². The van der Waals surface area contributed by atoms with Crippen LogP contribution in [-0.4, -0.2) is 284 Å². The Kier molecular flexibility index (Phi) is 35.5. The van der Waals surface area contributed by atoms with E-state index in [2.05, 4.69) is 88.7 Å². The van der Waals surface area contributed by atoms with E-state index in [0.29, 0.717) is 113 Å². The molecule has 0 fully saturated rings. The molecule has 4 aliphatic heterocycles. The van der Waals surface area contributed by atoms with Crippen LogP contribution in [-0.2, 0) is 26.2 Å². The topological polar surface area (TPSA) is 256 Å². The number of unbranched alkanes of at least 4 members (excludes halogenated alkanes) is 2. The van der Waals surface area contributed by atoms with Crippen LogP contribution in [0.4, 0.5) is 22.7 Å². The van der Waals surface area contributed by atoms with Crippen molar-refractivity contribution >= 4 is 60.5 Å². The molecule has 2 aromatic heterocycles. The Morgan fingerprint density at radius 1 is 0.369 bits per heavy atom. The average Bonchev–Trinajstić information content (AvgIpc) is 1.14. The predicted molar refractivity (Wildman–Crippen MR) is 476 cm³/mol. The molecule has 28 nitrogen and oxygen atoms in total. The maximum absolute atomic E-state index is 11.7. The molecule has 0 aliphatic carbocycles. The molecular formula is C94H134N16O12+10. The van der Waals surface area contributed by atoms with Gasteiger partial charge in [0, 0.05) is 126 Å². The quantitative estimate of drug-likeness (QED) is 0.0177. The van der Waals surface area contributed by atoms with Gasteiger partial charge in [0.1, 0.15) is 147 Å². The van der Waals surface area contributed by atoms with Crippen LogP contribution in [0.3, 0.4) is 0 Å². The molecule has 6 aromatic carbocycles. The summed E-state index contributed by atoms with van der Waals surface area (Å²) in [6.07, 6.45) is 35.1. The number of hydrogen-bond donors (Lipinski definition) is 10. The van der Waals surface area contributed by atoms with Gasteiger partial charge in [-0.25, -0.2) is 28.1 Å². The standard InChI is InChI=1S/C54H78N10O6.C40H54N6O6/c1-5-47(65)35-60-28-24-56(41-60)20-7-9-22-58-26-30-62(43-58)37-49(67)39-64(40-50(68)38-63-31-27-59(44-63)23-10-8-21-57-25-29-61(42-57)36-48(66)6-2)46-15-12-17-52(33-46)70-54-19-13-18-53(34-54)69-51-16-11-14-45(32-51)55(3)4;1-5-33(47)23-42-16-18-44(29-42)25-35(49)27-46(28-36(50)26-45-19-17-43(30-45)24-34(48)6-2)32-11-8-13-38(21-32)52-40-15-9-14-39(22-40)51-37-12-7-10-31(20-37)41(3)4/h11-19,24,26,28-34,41-44,47-50,65-68H,5-10,20-23,25,27,35-40H2,1-4H3;7-22,29-30,33-36,47-50H,5-6,23-28H2,1-4H3/q+6;+2/p+2. The Bertz CT molecular complexity index is 4800. The predicted octanol–water partition coefficient (Wildman–Crippen LogP) is 5.05. The highest BCUT2D eigenvalue weighted by Crippen LogP contribution is 2.34. The van der Waals surface area contributed by atoms with Crippen LogP contribution < -0.4 is 57.5 Å². The second-order valence-electron chi connectivity index (χ2n) is 32.8. The molecule has 6 heterocycles. The highest BCUT2D eigenvalue weighted by Gasteiger charge is 2.31. The van der Waals surface area contributed by atoms with E-state index < -0.39 is 36.6 Å². The van der Waals surface area contributed by atoms with Crippen LogP contribution in [0.5, 0.6) is 46.0 Å². The molecule has 122 heavy (non-hydrogen) atoms. The van der Waals surface area contributed by atoms with E-state index in [1.54, 1.807) is 0 Å². The summed E-state index contributed by atoms with van der Waals surface area (Å²) in [6.45, 7) is 18.3. The molecule has 652 valence electrons. The molecule has 0 saturated carbocycles. The third-order valence-electron chi connectivity index (χ3n) is 21.7. The van der Waals surface area contributed by atoms with Crippen molar-refractivity contribution in [3.63, 3.8) is 0 Å². The lowest BCUT2D eigenvalue weighted by Crippen LogP contribution is -3.07. The molecule has 10 unspecified atom stereocenters. The summed E-state index contributed by atoms with van der Waals surface area (Å²) in [4.78, 5) is 10.6. The van der Waals surface area contributed by atoms with Gasteiger partial charge in [0.15, 0.2) is 38.6 Å². The minimum absolute atomic E-state index is 0.250. The number of β-amino-alcohol motifs (C(OH)–C–C–N with tert-alkyl or cyclic N) is 4. The van der Waals surface area contributed by atoms with Gasteiger partial charge in [0.2, 0.25) is 50.6 Å². The van der Waals surface area contributed by atoms with E-state index in [0.717, 1.165) is 112 Å². The molecule has 0 amide bonds. The third kappa shape index (κ3) is 30.4. The number of hydrogen-bond acceptors (Lipinski definition) is 16. The lowest BCUT2D eigenvalue weighted by Gasteiger charge is -2.29. The monoisotopic (exact) mass is 1680 g/mol. The first kappa shape index (κ1) is 92.0. The van der Waals surface area contributed by atoms with Gasteiger partial charge in [0.05, 0.1) is 38.4 Å². The van der Waals surface area contributed by atoms with Gasteiger partial charge in [-0.1, -0.05) is 64.1 Å². The second-order valence-corrected chi connectivity index (χ2v) is 32.8. The molecule has 0 spiro atoms. The SMILES string of the molecule is CCC(O)C[N+]1=CC[N+](CCCC[N+]2=C[N+](CC(O)CN(CC(O)C[N+]3=C[NH+](CCCC[NH+]4C=C[N+](CC(O)CC)=C4)C=C3)c3cccc(Oc4cccc(Oc5cccc(N(C)C)c5)c4)c3)=CC2)=C1.CCC(O)Cn1cc[n+](CC(O)CN(CC(O)C[n+]2ccn(CC(O)CC)c2)c2cccc(Oc3cccc(Oc4cccc(N(C)C)c4)c3)c2)c1. The highest BCUT2D eigenvalue weighted by atomic mass is 16.5. The fourth-order valence-corrected chi connectivity index (χ4v) is 14.8. The zero-order valence-corrected chi connectivity index (χ0v) is 72.6. The number of imidazole rings is 2. The number of rotatable bonds is 50. The zero-order valence-electron chi connectivity index (χ0n) is 72.6. The van der Waals surface area contributed by atoms with E-state index in [4.69, 9.17) is 18.9 Å². The molecule has 12 rings (SSSR count). The fraction of sp³-hybridized carbons (Fsp3) is 0.447. The number of nitrogens with one attached hydrogen (secondary N) is 2. The van der Waals surface area contributed by atoms with Crippen LogP contribution in [0, 0.1) is 0 Å². The Hall–Kier alpha value is -10.8. The van der Waals surface area contributed by atoms with E-state index in [1.165, 1.54) is 9.80 Å². The number of aliphatic hydroxyl groups excluding tert-OH is 8. The molecule has 28 heteroatoms. The number of aliphatic hydroxyl groups is 8. The smallest absolute Gasteiger partial charge is 0.401 e. The first-order valence-electron chi connectivity index (χ1n) is 43.4. The Morgan fingerprint density at radius 3 is 1.04 bits per heavy atom. The van der Waals surface area contributed by atoms with Gasteiger partial charge < -0.3 is 79.4 Å². The maximum Gasteiger partial charge on any atom is 0.401 e. The van der Waals surface area contributed by atoms with Crippen molar-refractivity contribution in [2.45, 2.75) is 154 Å². The Morgan fingerprint density at radius 2 is 0.680 bits per heavy atom. The Balaban J connectivity index is 0.000000249. The number of nitrogens with zero attached hydrogens (tertiary/aromatic N) is 14. The summed E-state index contributed by atoms with van der Waals surface area (Å²) in [5.74, 6) is 5.22. The van der Waals surface area contributed by atoms with Crippen molar-refractivity contribution in [2.24, 2.45) is 0 Å². The Labute approximate surface area is 719 Å². The summed E-state index contributed by atoms with van der Waals surface area (Å²) in [6, 6.07) is 46.3. The molecule has 4 aliphatic rings. The van der Waals surface area contributed by atoms with E-state index >= 15 is 0 Å². The maximum atomic E-state index is 11.7. The van der Waals surface area contributed by atoms with Gasteiger partial charge in [-0.3, -0.25) is 0 Å². The summed E-state index contributed by atoms with van der Waals surface area (Å²) in [7, 11) is 7.98. The summed E-state index contributed by atoms with van der Waals surface area (Å²) in [5, 5.41) is 86.1. The number of aromatic nitrogens is 4. The third-order valence-corrected chi connectivity index (χ3v) is 21.7. The van der Waals surface area contributed by atoms with Crippen molar-refractivity contribution in [2.75, 3.05) is 139 Å². The van der Waals surface area contributed by atoms with Crippen LogP contribution in [0.2, 0.25) is 0 Å². The van der Waals surface area contributed by atoms with Crippen LogP contribution in [0.15, 0.2) is 208 Å². The van der Waals surface area contributed by atoms with Crippen LogP contribution in [0.1, 0.15) is 79.1 Å². The molecule has 0 radical (unpaired) electrons. The summed E-state index contributed by atoms with van der Waals surface area (Å²) < 4.78 is 45.6. The van der Waals surface area contributed by atoms with Gasteiger partial charge in [-0.15, -0.1) is 9.15 Å². The van der Waals surface area contributed by atoms with Crippen LogP contribution in [0.25, 0.3) is 0 Å². The summed E-state index contributed by atoms with van der Waals surface area (Å²) >= 11 is 0. The van der Waals surface area contributed by atoms with Crippen molar-refractivity contribution in [1.82, 2.24) is 9.13 Å². The number of ether oxygens (including phenoxy) is 4. The van der Waals surface area contributed by atoms with Crippen molar-refractivity contribution in [1.29, 1.82) is 0 Å². The number of benzene rings is 6. The molecule has 0 bridgehead atoms. The molecule has 10 atom stereocenters. The molecule has 0 saturated heterocycles. The van der Waals surface area contributed by atoms with Crippen molar-refractivity contribution < 1.29 is 106 Å². The normalized spacial score (nSPS) is 16.7. The molecular weight excluding hydrogens is 1550 g/mol. The van der Waals surface area contributed by atoms with Gasteiger partial charge in [0.25, 0.3) is 0 Å². The van der Waals surface area contributed by atoms with Crippen molar-refractivity contribution in [3.8, 4) is 46.0 Å². The lowest BCUT2D eigenvalue weighted by atomic mass is 10.2. The lowest BCUT2D eigenvalue weighted by molar-refractivity contribution is -0.758. The zero-order chi connectivity index (χ0) is 86.3. The highest BCUT2D eigenvalue weighted by molar-refractivity contribution is 5.63. The number of anilines is 4. The van der Waals surface area contributed by atoms with Crippen molar-refractivity contribution in [3.05, 3.63) is 208 Å². The van der Waals surface area contributed by atoms with E-state index in [1.807, 2.05) is 278 Å². The number of quaternary nitrogens is 2. The van der Waals surface area contributed by atoms with Gasteiger partial charge in [-0.2, -0.15) is 18.3 Å². The van der Waals surface area contributed by atoms with Gasteiger partial charge in [-0.05, 0) is 98.5 Å². The first-order chi connectivity index (χ1) is 59.0. The van der Waals surface area contributed by atoms with Gasteiger partial charge >= 0.3 is 25.4 Å². The first-order valence-corrected chi connectivity index (χ1v) is 43.4.